The summed E-state index contributed by atoms with van der Waals surface area (Å²) in [6.07, 6.45) is 0.205. The average molecular weight is 505 g/mol. The molecule has 0 amide bonds. The standard InChI is InChI=1S/C24H29ClN4O4S/c25-21-3-1-2-20(12-21)18-34(30,31)27-8-9-28-14-23-16-29(17-24(15-28)33-23)10-11-32-22-6-4-19(13-26)5-7-22/h1-7,12,23-24,27H,8-11,14-18H2. The SMILES string of the molecule is N#Cc1ccc(OCCN2CC3CN(CCNS(=O)(=O)Cc4cccc(Cl)c4)CC(C2)O3)cc1. The third kappa shape index (κ3) is 7.40. The van der Waals surface area contributed by atoms with Crippen molar-refractivity contribution >= 4 is 21.6 Å². The highest BCUT2D eigenvalue weighted by atomic mass is 35.5. The molecule has 0 saturated carbocycles. The zero-order valence-corrected chi connectivity index (χ0v) is 20.5. The van der Waals surface area contributed by atoms with Crippen molar-refractivity contribution in [1.82, 2.24) is 14.5 Å². The molecule has 2 fully saturated rings. The topological polar surface area (TPSA) is 94.9 Å². The molecule has 0 aliphatic carbocycles. The van der Waals surface area contributed by atoms with Crippen LogP contribution in [-0.2, 0) is 20.5 Å². The highest BCUT2D eigenvalue weighted by Crippen LogP contribution is 2.19. The van der Waals surface area contributed by atoms with Crippen molar-refractivity contribution in [3.63, 3.8) is 0 Å². The highest BCUT2D eigenvalue weighted by molar-refractivity contribution is 7.88. The molecule has 182 valence electrons. The Bertz CT molecular complexity index is 1090. The summed E-state index contributed by atoms with van der Waals surface area (Å²) in [5.41, 5.74) is 1.29. The summed E-state index contributed by atoms with van der Waals surface area (Å²) in [5, 5.41) is 9.40. The molecule has 2 aromatic carbocycles. The van der Waals surface area contributed by atoms with Crippen LogP contribution in [0.2, 0.25) is 5.02 Å². The van der Waals surface area contributed by atoms with Gasteiger partial charge in [0.1, 0.15) is 12.4 Å². The third-order valence-electron chi connectivity index (χ3n) is 5.89. The molecule has 2 unspecified atom stereocenters. The quantitative estimate of drug-likeness (QED) is 0.529. The summed E-state index contributed by atoms with van der Waals surface area (Å²) in [6, 6.07) is 16.1. The van der Waals surface area contributed by atoms with Gasteiger partial charge in [-0.1, -0.05) is 23.7 Å². The maximum absolute atomic E-state index is 12.4. The smallest absolute Gasteiger partial charge is 0.215 e. The van der Waals surface area contributed by atoms with Gasteiger partial charge in [-0.3, -0.25) is 9.80 Å². The second-order valence-electron chi connectivity index (χ2n) is 8.67. The lowest BCUT2D eigenvalue weighted by atomic mass is 10.1. The van der Waals surface area contributed by atoms with E-state index in [9.17, 15) is 8.42 Å². The molecule has 0 spiro atoms. The van der Waals surface area contributed by atoms with Crippen molar-refractivity contribution in [2.75, 3.05) is 52.4 Å². The molecule has 34 heavy (non-hydrogen) atoms. The van der Waals surface area contributed by atoms with Crippen LogP contribution in [-0.4, -0.2) is 82.8 Å². The molecule has 2 aliphatic heterocycles. The summed E-state index contributed by atoms with van der Waals surface area (Å²) in [4.78, 5) is 4.62. The molecule has 2 aliphatic rings. The Morgan fingerprint density at radius 2 is 1.74 bits per heavy atom. The first kappa shape index (κ1) is 24.9. The van der Waals surface area contributed by atoms with E-state index in [0.29, 0.717) is 35.8 Å². The van der Waals surface area contributed by atoms with Crippen molar-refractivity contribution in [3.8, 4) is 11.8 Å². The fraction of sp³-hybridized carbons (Fsp3) is 0.458. The number of hydrogen-bond donors (Lipinski definition) is 1. The van der Waals surface area contributed by atoms with E-state index in [2.05, 4.69) is 20.6 Å². The highest BCUT2D eigenvalue weighted by Gasteiger charge is 2.34. The van der Waals surface area contributed by atoms with E-state index in [1.807, 2.05) is 12.1 Å². The molecule has 2 bridgehead atoms. The van der Waals surface area contributed by atoms with Gasteiger partial charge < -0.3 is 9.47 Å². The Kier molecular flexibility index (Phi) is 8.42. The first-order chi connectivity index (χ1) is 16.4. The Morgan fingerprint density at radius 3 is 2.38 bits per heavy atom. The molecule has 2 aromatic rings. The van der Waals surface area contributed by atoms with E-state index < -0.39 is 10.0 Å². The number of sulfonamides is 1. The van der Waals surface area contributed by atoms with Crippen LogP contribution < -0.4 is 9.46 Å². The second kappa shape index (κ2) is 11.5. The van der Waals surface area contributed by atoms with Gasteiger partial charge in [0.05, 0.1) is 29.6 Å². The summed E-state index contributed by atoms with van der Waals surface area (Å²) in [7, 11) is -3.42. The number of morpholine rings is 2. The number of nitriles is 1. The number of benzene rings is 2. The maximum Gasteiger partial charge on any atom is 0.215 e. The van der Waals surface area contributed by atoms with Crippen molar-refractivity contribution < 1.29 is 17.9 Å². The predicted molar refractivity (Wildman–Crippen MR) is 130 cm³/mol. The first-order valence-corrected chi connectivity index (χ1v) is 13.4. The molecular formula is C24H29ClN4O4S. The molecular weight excluding hydrogens is 476 g/mol. The largest absolute Gasteiger partial charge is 0.492 e. The van der Waals surface area contributed by atoms with E-state index in [1.165, 1.54) is 0 Å². The van der Waals surface area contributed by atoms with Crippen molar-refractivity contribution in [2.24, 2.45) is 0 Å². The minimum absolute atomic E-state index is 0.0819. The fourth-order valence-electron chi connectivity index (χ4n) is 4.40. The molecule has 10 heteroatoms. The molecule has 2 atom stereocenters. The maximum atomic E-state index is 12.4. The monoisotopic (exact) mass is 504 g/mol. The van der Waals surface area contributed by atoms with Crippen LogP contribution in [0.25, 0.3) is 0 Å². The van der Waals surface area contributed by atoms with Gasteiger partial charge in [0, 0.05) is 50.8 Å². The zero-order valence-electron chi connectivity index (χ0n) is 18.9. The van der Waals surface area contributed by atoms with Gasteiger partial charge in [-0.05, 0) is 42.0 Å². The number of nitrogens with one attached hydrogen (secondary N) is 1. The van der Waals surface area contributed by atoms with Gasteiger partial charge in [-0.2, -0.15) is 5.26 Å². The lowest BCUT2D eigenvalue weighted by Gasteiger charge is -2.45. The molecule has 2 saturated heterocycles. The van der Waals surface area contributed by atoms with E-state index in [-0.39, 0.29) is 18.0 Å². The molecule has 0 aromatic heterocycles. The van der Waals surface area contributed by atoms with Crippen LogP contribution >= 0.6 is 11.6 Å². The van der Waals surface area contributed by atoms with E-state index in [0.717, 1.165) is 38.5 Å². The predicted octanol–water partition coefficient (Wildman–Crippen LogP) is 2.10. The minimum Gasteiger partial charge on any atom is -0.492 e. The Morgan fingerprint density at radius 1 is 1.06 bits per heavy atom. The number of rotatable bonds is 10. The summed E-state index contributed by atoms with van der Waals surface area (Å²) in [6.45, 7) is 5.59. The fourth-order valence-corrected chi connectivity index (χ4v) is 5.74. The van der Waals surface area contributed by atoms with Gasteiger partial charge >= 0.3 is 0 Å². The number of nitrogens with zero attached hydrogens (tertiary/aromatic N) is 3. The number of hydrogen-bond acceptors (Lipinski definition) is 7. The Balaban J connectivity index is 1.16. The number of fused-ring (bicyclic) bond motifs is 2. The Hall–Kier alpha value is -2.19. The van der Waals surface area contributed by atoms with Crippen molar-refractivity contribution in [1.29, 1.82) is 5.26 Å². The van der Waals surface area contributed by atoms with Gasteiger partial charge in [-0.15, -0.1) is 0 Å². The second-order valence-corrected chi connectivity index (χ2v) is 10.9. The van der Waals surface area contributed by atoms with Crippen molar-refractivity contribution in [3.05, 3.63) is 64.7 Å². The van der Waals surface area contributed by atoms with Gasteiger partial charge in [0.15, 0.2) is 0 Å². The van der Waals surface area contributed by atoms with E-state index in [4.69, 9.17) is 26.3 Å². The molecule has 4 rings (SSSR count). The number of halogens is 1. The summed E-state index contributed by atoms with van der Waals surface area (Å²) < 4.78 is 39.4. The molecule has 1 N–H and O–H groups in total. The third-order valence-corrected chi connectivity index (χ3v) is 7.48. The van der Waals surface area contributed by atoms with Gasteiger partial charge in [0.2, 0.25) is 10.0 Å². The average Bonchev–Trinajstić information content (AvgIpc) is 2.78. The minimum atomic E-state index is -3.42. The summed E-state index contributed by atoms with van der Waals surface area (Å²) >= 11 is 5.95. The van der Waals surface area contributed by atoms with Crippen LogP contribution in [0.3, 0.4) is 0 Å². The van der Waals surface area contributed by atoms with Crippen molar-refractivity contribution in [2.45, 2.75) is 18.0 Å². The van der Waals surface area contributed by atoms with E-state index in [1.54, 1.807) is 36.4 Å². The molecule has 2 heterocycles. The van der Waals surface area contributed by atoms with Crippen LogP contribution in [0.1, 0.15) is 11.1 Å². The van der Waals surface area contributed by atoms with Gasteiger partial charge in [-0.25, -0.2) is 13.1 Å². The van der Waals surface area contributed by atoms with Crippen LogP contribution in [0, 0.1) is 11.3 Å². The van der Waals surface area contributed by atoms with Crippen LogP contribution in [0.5, 0.6) is 5.75 Å². The Labute approximate surface area is 206 Å². The lowest BCUT2D eigenvalue weighted by Crippen LogP contribution is -2.60. The van der Waals surface area contributed by atoms with Gasteiger partial charge in [0.25, 0.3) is 0 Å². The molecule has 8 nitrogen and oxygen atoms in total. The van der Waals surface area contributed by atoms with Crippen LogP contribution in [0.4, 0.5) is 0 Å². The van der Waals surface area contributed by atoms with Crippen LogP contribution in [0.15, 0.2) is 48.5 Å². The van der Waals surface area contributed by atoms with E-state index >= 15 is 0 Å². The molecule has 0 radical (unpaired) electrons. The first-order valence-electron chi connectivity index (χ1n) is 11.3. The summed E-state index contributed by atoms with van der Waals surface area (Å²) in [5.74, 6) is 0.679. The zero-order chi connectivity index (χ0) is 24.0. The normalized spacial score (nSPS) is 21.2. The number of ether oxygens (including phenoxy) is 2. The lowest BCUT2D eigenvalue weighted by molar-refractivity contribution is -0.138.